The van der Waals surface area contributed by atoms with Crippen LogP contribution in [0.3, 0.4) is 0 Å². The summed E-state index contributed by atoms with van der Waals surface area (Å²) >= 11 is 0. The van der Waals surface area contributed by atoms with Crippen molar-refractivity contribution < 1.29 is 13.2 Å². The number of anilines is 1. The van der Waals surface area contributed by atoms with Gasteiger partial charge in [-0.15, -0.1) is 0 Å². The van der Waals surface area contributed by atoms with Gasteiger partial charge in [-0.05, 0) is 24.6 Å². The fourth-order valence-corrected chi connectivity index (χ4v) is 1.89. The van der Waals surface area contributed by atoms with Crippen LogP contribution in [0.2, 0.25) is 0 Å². The predicted octanol–water partition coefficient (Wildman–Crippen LogP) is 1.95. The molecule has 2 aromatic rings. The van der Waals surface area contributed by atoms with Crippen LogP contribution < -0.4 is 16.3 Å². The third-order valence-corrected chi connectivity index (χ3v) is 3.29. The molecule has 0 spiro atoms. The quantitative estimate of drug-likeness (QED) is 0.683. The first kappa shape index (κ1) is 17.5. The van der Waals surface area contributed by atoms with E-state index in [1.807, 2.05) is 0 Å². The maximum Gasteiger partial charge on any atom is 0.416 e. The molecule has 0 unspecified atom stereocenters. The first-order valence-corrected chi connectivity index (χ1v) is 7.01. The Morgan fingerprint density at radius 1 is 1.25 bits per heavy atom. The van der Waals surface area contributed by atoms with Gasteiger partial charge in [0.1, 0.15) is 5.82 Å². The lowest BCUT2D eigenvalue weighted by atomic mass is 10.1. The number of hydrogen-bond donors (Lipinski definition) is 1. The molecule has 0 saturated carbocycles. The van der Waals surface area contributed by atoms with Crippen molar-refractivity contribution in [2.45, 2.75) is 13.1 Å². The number of aromatic nitrogens is 2. The molecule has 0 aliphatic heterocycles. The van der Waals surface area contributed by atoms with Gasteiger partial charge in [0.15, 0.2) is 0 Å². The number of H-pyrrole nitrogens is 1. The smallest absolute Gasteiger partial charge is 0.292 e. The molecular weight excluding hydrogens is 325 g/mol. The third kappa shape index (κ3) is 3.92. The molecule has 0 radical (unpaired) electrons. The maximum absolute atomic E-state index is 12.5. The number of nitrogens with zero attached hydrogens (tertiary/aromatic N) is 3. The Bertz CT molecular complexity index is 819. The van der Waals surface area contributed by atoms with Gasteiger partial charge in [0.2, 0.25) is 0 Å². The van der Waals surface area contributed by atoms with E-state index in [0.717, 1.165) is 16.7 Å². The average Bonchev–Trinajstić information content (AvgIpc) is 2.52. The third-order valence-electron chi connectivity index (χ3n) is 3.29. The first-order valence-electron chi connectivity index (χ1n) is 7.01. The maximum atomic E-state index is 12.5. The Balaban J connectivity index is 2.26. The van der Waals surface area contributed by atoms with Crippen LogP contribution in [0.15, 0.2) is 45.0 Å². The second-order valence-electron chi connectivity index (χ2n) is 4.94. The Kier molecular flexibility index (Phi) is 4.91. The number of hydrogen-bond acceptors (Lipinski definition) is 4. The minimum atomic E-state index is -4.39. The Hall–Kier alpha value is -2.84. The van der Waals surface area contributed by atoms with Crippen molar-refractivity contribution in [1.82, 2.24) is 9.55 Å². The summed E-state index contributed by atoms with van der Waals surface area (Å²) in [5.41, 5.74) is -1.37. The topological polar surface area (TPSA) is 70.5 Å². The van der Waals surface area contributed by atoms with E-state index in [0.29, 0.717) is 12.1 Å². The molecule has 128 valence electrons. The molecule has 1 aromatic carbocycles. The molecule has 24 heavy (non-hydrogen) atoms. The summed E-state index contributed by atoms with van der Waals surface area (Å²) < 4.78 is 38.4. The lowest BCUT2D eigenvalue weighted by Gasteiger charge is -2.16. The molecule has 0 fully saturated rings. The van der Waals surface area contributed by atoms with Gasteiger partial charge in [-0.1, -0.05) is 12.1 Å². The van der Waals surface area contributed by atoms with Gasteiger partial charge in [0, 0.05) is 19.7 Å². The summed E-state index contributed by atoms with van der Waals surface area (Å²) in [6.07, 6.45) is -3.05. The van der Waals surface area contributed by atoms with Crippen LogP contribution in [-0.2, 0) is 13.2 Å². The largest absolute Gasteiger partial charge is 0.416 e. The Morgan fingerprint density at radius 2 is 1.88 bits per heavy atom. The summed E-state index contributed by atoms with van der Waals surface area (Å²) in [5.74, 6) is 0.203. The van der Waals surface area contributed by atoms with Crippen molar-refractivity contribution in [1.29, 1.82) is 0 Å². The monoisotopic (exact) mass is 340 g/mol. The fraction of sp³-hybridized carbons (Fsp3) is 0.267. The lowest BCUT2D eigenvalue weighted by molar-refractivity contribution is -0.137. The second-order valence-corrected chi connectivity index (χ2v) is 4.94. The molecule has 9 heteroatoms. The molecule has 6 nitrogen and oxygen atoms in total. The second kappa shape index (κ2) is 6.73. The number of nitrogens with one attached hydrogen (secondary N) is 1. The molecule has 0 bridgehead atoms. The molecule has 0 aliphatic carbocycles. The Morgan fingerprint density at radius 3 is 2.38 bits per heavy atom. The number of benzene rings is 1. The van der Waals surface area contributed by atoms with E-state index in [2.05, 4.69) is 10.1 Å². The summed E-state index contributed by atoms with van der Waals surface area (Å²) in [4.78, 5) is 25.8. The van der Waals surface area contributed by atoms with E-state index in [4.69, 9.17) is 0 Å². The van der Waals surface area contributed by atoms with Crippen molar-refractivity contribution >= 4 is 12.0 Å². The predicted molar refractivity (Wildman–Crippen MR) is 84.4 cm³/mol. The fourth-order valence-electron chi connectivity index (χ4n) is 1.89. The summed E-state index contributed by atoms with van der Waals surface area (Å²) in [6, 6.07) is 5.70. The Labute approximate surface area is 134 Å². The van der Waals surface area contributed by atoms with Gasteiger partial charge in [-0.3, -0.25) is 14.3 Å². The molecule has 1 aromatic heterocycles. The number of alkyl halides is 3. The highest BCUT2D eigenvalue weighted by Gasteiger charge is 2.29. The molecule has 1 heterocycles. The van der Waals surface area contributed by atoms with E-state index >= 15 is 0 Å². The SMILES string of the molecule is CCN(N=Cc1ccc(C(F)(F)F)cc1)c1cc(=O)n(C)c(=O)[nH]1. The van der Waals surface area contributed by atoms with Gasteiger partial charge < -0.3 is 0 Å². The molecule has 0 atom stereocenters. The molecule has 2 rings (SSSR count). The van der Waals surface area contributed by atoms with Crippen molar-refractivity contribution in [2.24, 2.45) is 12.1 Å². The van der Waals surface area contributed by atoms with E-state index in [9.17, 15) is 22.8 Å². The highest BCUT2D eigenvalue weighted by atomic mass is 19.4. The zero-order valence-electron chi connectivity index (χ0n) is 13.0. The number of aromatic amines is 1. The average molecular weight is 340 g/mol. The summed E-state index contributed by atoms with van der Waals surface area (Å²) in [6.45, 7) is 2.10. The van der Waals surface area contributed by atoms with Gasteiger partial charge in [-0.2, -0.15) is 18.3 Å². The van der Waals surface area contributed by atoms with Gasteiger partial charge in [-0.25, -0.2) is 9.80 Å². The molecule has 0 aliphatic rings. The zero-order valence-corrected chi connectivity index (χ0v) is 13.0. The van der Waals surface area contributed by atoms with Crippen molar-refractivity contribution in [3.05, 3.63) is 62.3 Å². The zero-order chi connectivity index (χ0) is 17.9. The van der Waals surface area contributed by atoms with Crippen molar-refractivity contribution in [2.75, 3.05) is 11.6 Å². The van der Waals surface area contributed by atoms with Crippen LogP contribution in [0.5, 0.6) is 0 Å². The lowest BCUT2D eigenvalue weighted by Crippen LogP contribution is -2.34. The van der Waals surface area contributed by atoms with Crippen molar-refractivity contribution in [3.63, 3.8) is 0 Å². The minimum Gasteiger partial charge on any atom is -0.292 e. The normalized spacial score (nSPS) is 11.9. The highest BCUT2D eigenvalue weighted by Crippen LogP contribution is 2.28. The molecular formula is C15H15F3N4O2. The number of halogens is 3. The van der Waals surface area contributed by atoms with Crippen LogP contribution in [-0.4, -0.2) is 22.3 Å². The summed E-state index contributed by atoms with van der Waals surface area (Å²) in [5, 5.41) is 5.46. The van der Waals surface area contributed by atoms with Gasteiger partial charge in [0.05, 0.1) is 11.8 Å². The van der Waals surface area contributed by atoms with Gasteiger partial charge >= 0.3 is 11.9 Å². The van der Waals surface area contributed by atoms with Crippen molar-refractivity contribution in [3.8, 4) is 0 Å². The van der Waals surface area contributed by atoms with Gasteiger partial charge in [0.25, 0.3) is 5.56 Å². The molecule has 0 amide bonds. The van der Waals surface area contributed by atoms with Crippen LogP contribution >= 0.6 is 0 Å². The molecule has 0 saturated heterocycles. The van der Waals surface area contributed by atoms with E-state index in [1.165, 1.54) is 36.5 Å². The number of hydrazone groups is 1. The van der Waals surface area contributed by atoms with Crippen LogP contribution in [0.25, 0.3) is 0 Å². The van der Waals surface area contributed by atoms with Crippen LogP contribution in [0.1, 0.15) is 18.1 Å². The first-order chi connectivity index (χ1) is 11.2. The highest BCUT2D eigenvalue weighted by molar-refractivity contribution is 5.80. The summed E-state index contributed by atoms with van der Waals surface area (Å²) in [7, 11) is 1.34. The standard InChI is InChI=1S/C15H15F3N4O2/c1-3-22(12-8-13(23)21(2)14(24)20-12)19-9-10-4-6-11(7-5-10)15(16,17)18/h4-9H,3H2,1-2H3,(H,20,24). The van der Waals surface area contributed by atoms with Crippen LogP contribution in [0, 0.1) is 0 Å². The molecule has 1 N–H and O–H groups in total. The van der Waals surface area contributed by atoms with Crippen LogP contribution in [0.4, 0.5) is 19.0 Å². The minimum absolute atomic E-state index is 0.203. The van der Waals surface area contributed by atoms with E-state index in [-0.39, 0.29) is 5.82 Å². The van der Waals surface area contributed by atoms with E-state index < -0.39 is 23.0 Å². The number of rotatable bonds is 4. The van der Waals surface area contributed by atoms with E-state index in [1.54, 1.807) is 6.92 Å².